The number of hydrogen-bond acceptors (Lipinski definition) is 5. The monoisotopic (exact) mass is 330 g/mol. The fourth-order valence-corrected chi connectivity index (χ4v) is 2.39. The average Bonchev–Trinajstić information content (AvgIpc) is 2.87. The van der Waals surface area contributed by atoms with E-state index in [1.807, 2.05) is 25.3 Å². The summed E-state index contributed by atoms with van der Waals surface area (Å²) in [5.74, 6) is 0.775. The summed E-state index contributed by atoms with van der Waals surface area (Å²) in [7, 11) is 0. The van der Waals surface area contributed by atoms with E-state index in [1.165, 1.54) is 6.07 Å². The highest BCUT2D eigenvalue weighted by Gasteiger charge is 2.16. The molecule has 0 bridgehead atoms. The Kier molecular flexibility index (Phi) is 5.33. The van der Waals surface area contributed by atoms with Crippen molar-refractivity contribution in [3.63, 3.8) is 0 Å². The maximum Gasteiger partial charge on any atom is 0.224 e. The fraction of sp³-hybridized carbons (Fsp3) is 0.353. The van der Waals surface area contributed by atoms with E-state index in [1.54, 1.807) is 24.4 Å². The molecule has 128 valence electrons. The minimum atomic E-state index is -0.325. The lowest BCUT2D eigenvalue weighted by Gasteiger charge is -2.14. The zero-order valence-electron chi connectivity index (χ0n) is 13.3. The lowest BCUT2D eigenvalue weighted by atomic mass is 10.3. The van der Waals surface area contributed by atoms with Crippen LogP contribution < -0.4 is 10.6 Å². The fourth-order valence-electron chi connectivity index (χ4n) is 2.39. The molecule has 0 aliphatic heterocycles. The van der Waals surface area contributed by atoms with Gasteiger partial charge in [0.05, 0.1) is 11.9 Å². The summed E-state index contributed by atoms with van der Waals surface area (Å²) in [6.45, 7) is 6.78. The first kappa shape index (κ1) is 17.7. The van der Waals surface area contributed by atoms with Crippen LogP contribution in [0.5, 0.6) is 0 Å². The molecule has 2 N–H and O–H groups in total. The first-order valence-electron chi connectivity index (χ1n) is 7.60. The lowest BCUT2D eigenvalue weighted by Crippen LogP contribution is -2.08. The molecule has 0 aliphatic carbocycles. The van der Waals surface area contributed by atoms with Gasteiger partial charge >= 0.3 is 0 Å². The van der Waals surface area contributed by atoms with Crippen molar-refractivity contribution in [2.24, 2.45) is 0 Å². The SMILES string of the molecule is C.CCNc1ncc2nc(Nc3ccccc3F)n(C(C)C)c2n1. The molecule has 0 amide bonds. The molecule has 6 nitrogen and oxygen atoms in total. The van der Waals surface area contributed by atoms with Gasteiger partial charge in [-0.25, -0.2) is 14.4 Å². The molecule has 3 rings (SSSR count). The summed E-state index contributed by atoms with van der Waals surface area (Å²) in [5.41, 5.74) is 1.76. The van der Waals surface area contributed by atoms with E-state index >= 15 is 0 Å². The van der Waals surface area contributed by atoms with Crippen molar-refractivity contribution in [2.75, 3.05) is 17.2 Å². The number of benzene rings is 1. The van der Waals surface area contributed by atoms with Crippen LogP contribution >= 0.6 is 0 Å². The van der Waals surface area contributed by atoms with Crippen molar-refractivity contribution in [1.29, 1.82) is 0 Å². The molecule has 1 aromatic carbocycles. The molecule has 0 fully saturated rings. The Balaban J connectivity index is 0.00000208. The second-order valence-corrected chi connectivity index (χ2v) is 5.44. The molecule has 2 aromatic heterocycles. The molecule has 0 unspecified atom stereocenters. The van der Waals surface area contributed by atoms with E-state index in [2.05, 4.69) is 25.6 Å². The van der Waals surface area contributed by atoms with Gasteiger partial charge in [0.25, 0.3) is 0 Å². The van der Waals surface area contributed by atoms with Crippen molar-refractivity contribution in [2.45, 2.75) is 34.2 Å². The highest BCUT2D eigenvalue weighted by atomic mass is 19.1. The number of imidazole rings is 1. The number of fused-ring (bicyclic) bond motifs is 1. The van der Waals surface area contributed by atoms with Gasteiger partial charge in [0.15, 0.2) is 5.65 Å². The normalized spacial score (nSPS) is 10.7. The van der Waals surface area contributed by atoms with Gasteiger partial charge in [-0.3, -0.25) is 4.57 Å². The molecule has 0 radical (unpaired) electrons. The third-order valence-electron chi connectivity index (χ3n) is 3.40. The molecule has 0 atom stereocenters. The predicted octanol–water partition coefficient (Wildman–Crippen LogP) is 4.36. The molecule has 0 spiro atoms. The number of aromatic nitrogens is 4. The van der Waals surface area contributed by atoms with Gasteiger partial charge in [0.2, 0.25) is 11.9 Å². The molecule has 24 heavy (non-hydrogen) atoms. The molecule has 0 aliphatic rings. The Bertz CT molecular complexity index is 827. The minimum Gasteiger partial charge on any atom is -0.354 e. The van der Waals surface area contributed by atoms with Gasteiger partial charge in [-0.2, -0.15) is 4.98 Å². The largest absolute Gasteiger partial charge is 0.354 e. The Morgan fingerprint density at radius 3 is 2.62 bits per heavy atom. The van der Waals surface area contributed by atoms with Crippen LogP contribution in [0.3, 0.4) is 0 Å². The molecular weight excluding hydrogens is 307 g/mol. The van der Waals surface area contributed by atoms with Gasteiger partial charge < -0.3 is 10.6 Å². The van der Waals surface area contributed by atoms with Gasteiger partial charge in [-0.1, -0.05) is 19.6 Å². The number of anilines is 3. The molecular formula is C17H23FN6. The first-order valence-corrected chi connectivity index (χ1v) is 7.60. The number of rotatable bonds is 5. The summed E-state index contributed by atoms with van der Waals surface area (Å²) in [6, 6.07) is 6.62. The third-order valence-corrected chi connectivity index (χ3v) is 3.40. The minimum absolute atomic E-state index is 0. The summed E-state index contributed by atoms with van der Waals surface area (Å²) in [6.07, 6.45) is 1.67. The maximum atomic E-state index is 13.9. The van der Waals surface area contributed by atoms with Crippen LogP contribution in [0.2, 0.25) is 0 Å². The van der Waals surface area contributed by atoms with Crippen molar-refractivity contribution in [3.05, 3.63) is 36.3 Å². The Hall–Kier alpha value is -2.70. The van der Waals surface area contributed by atoms with Crippen LogP contribution in [0, 0.1) is 5.82 Å². The molecule has 0 saturated carbocycles. The van der Waals surface area contributed by atoms with Crippen molar-refractivity contribution in [1.82, 2.24) is 19.5 Å². The third kappa shape index (κ3) is 3.29. The van der Waals surface area contributed by atoms with Gasteiger partial charge in [-0.05, 0) is 32.9 Å². The summed E-state index contributed by atoms with van der Waals surface area (Å²) in [4.78, 5) is 13.3. The lowest BCUT2D eigenvalue weighted by molar-refractivity contribution is 0.615. The highest BCUT2D eigenvalue weighted by Crippen LogP contribution is 2.26. The van der Waals surface area contributed by atoms with Crippen molar-refractivity contribution >= 4 is 28.7 Å². The number of hydrogen-bond donors (Lipinski definition) is 2. The number of halogens is 1. The number of nitrogens with one attached hydrogen (secondary N) is 2. The highest BCUT2D eigenvalue weighted by molar-refractivity contribution is 5.76. The van der Waals surface area contributed by atoms with Gasteiger partial charge in [0, 0.05) is 12.6 Å². The number of nitrogens with zero attached hydrogens (tertiary/aromatic N) is 4. The van der Waals surface area contributed by atoms with Crippen LogP contribution in [-0.2, 0) is 0 Å². The standard InChI is InChI=1S/C16H19FN6.CH4/c1-4-18-15-19-9-13-14(22-15)23(10(2)3)16(21-13)20-12-8-6-5-7-11(12)17;/h5-10H,4H2,1-3H3,(H,20,21)(H,18,19,22);1H4. The van der Waals surface area contributed by atoms with Crippen LogP contribution in [0.4, 0.5) is 22.0 Å². The second kappa shape index (κ2) is 7.25. The van der Waals surface area contributed by atoms with Gasteiger partial charge in [-0.15, -0.1) is 0 Å². The quantitative estimate of drug-likeness (QED) is 0.727. The molecule has 0 saturated heterocycles. The average molecular weight is 330 g/mol. The Labute approximate surface area is 141 Å². The Morgan fingerprint density at radius 1 is 1.21 bits per heavy atom. The smallest absolute Gasteiger partial charge is 0.224 e. The first-order chi connectivity index (χ1) is 11.1. The predicted molar refractivity (Wildman–Crippen MR) is 96.3 cm³/mol. The second-order valence-electron chi connectivity index (χ2n) is 5.44. The van der Waals surface area contributed by atoms with Crippen LogP contribution in [0.25, 0.3) is 11.2 Å². The van der Waals surface area contributed by atoms with Gasteiger partial charge in [0.1, 0.15) is 11.3 Å². The molecule has 3 aromatic rings. The molecule has 7 heteroatoms. The maximum absolute atomic E-state index is 13.9. The zero-order valence-corrected chi connectivity index (χ0v) is 13.3. The van der Waals surface area contributed by atoms with Crippen LogP contribution in [0.15, 0.2) is 30.5 Å². The topological polar surface area (TPSA) is 67.7 Å². The van der Waals surface area contributed by atoms with E-state index in [0.29, 0.717) is 28.7 Å². The van der Waals surface area contributed by atoms with E-state index < -0.39 is 0 Å². The van der Waals surface area contributed by atoms with E-state index in [-0.39, 0.29) is 19.3 Å². The van der Waals surface area contributed by atoms with E-state index in [4.69, 9.17) is 0 Å². The summed E-state index contributed by atoms with van der Waals surface area (Å²) >= 11 is 0. The Morgan fingerprint density at radius 2 is 1.96 bits per heavy atom. The van der Waals surface area contributed by atoms with E-state index in [9.17, 15) is 4.39 Å². The summed E-state index contributed by atoms with van der Waals surface area (Å²) in [5, 5.41) is 6.14. The van der Waals surface area contributed by atoms with Crippen LogP contribution in [0.1, 0.15) is 34.2 Å². The van der Waals surface area contributed by atoms with E-state index in [0.717, 1.165) is 6.54 Å². The van der Waals surface area contributed by atoms with Crippen LogP contribution in [-0.4, -0.2) is 26.1 Å². The summed E-state index contributed by atoms with van der Waals surface area (Å²) < 4.78 is 15.8. The number of para-hydroxylation sites is 1. The molecule has 2 heterocycles. The van der Waals surface area contributed by atoms with Crippen molar-refractivity contribution in [3.8, 4) is 0 Å². The zero-order chi connectivity index (χ0) is 16.4. The van der Waals surface area contributed by atoms with Crippen molar-refractivity contribution < 1.29 is 4.39 Å².